The van der Waals surface area contributed by atoms with Gasteiger partial charge < -0.3 is 10.6 Å². The first-order chi connectivity index (χ1) is 11.8. The van der Waals surface area contributed by atoms with Crippen LogP contribution in [0.4, 0.5) is 16.2 Å². The number of halogens is 1. The highest BCUT2D eigenvalue weighted by molar-refractivity contribution is 6.33. The number of imidazole rings is 1. The van der Waals surface area contributed by atoms with Crippen LogP contribution in [0.5, 0.6) is 0 Å². The number of benzene rings is 2. The summed E-state index contributed by atoms with van der Waals surface area (Å²) in [5.41, 5.74) is 4.51. The maximum Gasteiger partial charge on any atom is 0.328 e. The van der Waals surface area contributed by atoms with E-state index < -0.39 is 6.03 Å². The molecule has 130 valence electrons. The van der Waals surface area contributed by atoms with Crippen molar-refractivity contribution in [2.75, 3.05) is 10.6 Å². The lowest BCUT2D eigenvalue weighted by Crippen LogP contribution is -2.20. The van der Waals surface area contributed by atoms with Gasteiger partial charge in [0.25, 0.3) is 0 Å². The topological polar surface area (TPSA) is 68.1 Å². The third-order valence-electron chi connectivity index (χ3n) is 4.24. The molecule has 0 saturated heterocycles. The second-order valence-electron chi connectivity index (χ2n) is 6.12. The molecular formula is C18H19ClN4O2. The Morgan fingerprint density at radius 1 is 0.960 bits per heavy atom. The molecule has 0 bridgehead atoms. The van der Waals surface area contributed by atoms with Crippen molar-refractivity contribution < 1.29 is 4.79 Å². The van der Waals surface area contributed by atoms with Crippen molar-refractivity contribution in [1.29, 1.82) is 0 Å². The Morgan fingerprint density at radius 3 is 2.20 bits per heavy atom. The summed E-state index contributed by atoms with van der Waals surface area (Å²) in [6, 6.07) is 8.70. The van der Waals surface area contributed by atoms with Gasteiger partial charge in [0, 0.05) is 19.8 Å². The molecule has 0 aliphatic rings. The molecule has 1 heterocycles. The van der Waals surface area contributed by atoms with E-state index >= 15 is 0 Å². The summed E-state index contributed by atoms with van der Waals surface area (Å²) >= 11 is 6.14. The van der Waals surface area contributed by atoms with Gasteiger partial charge in [0.2, 0.25) is 0 Å². The number of amides is 2. The summed E-state index contributed by atoms with van der Waals surface area (Å²) in [5.74, 6) is 0. The van der Waals surface area contributed by atoms with Crippen molar-refractivity contribution in [1.82, 2.24) is 9.13 Å². The van der Waals surface area contributed by atoms with E-state index in [2.05, 4.69) is 10.6 Å². The molecule has 2 amide bonds. The highest BCUT2D eigenvalue weighted by atomic mass is 35.5. The Kier molecular flexibility index (Phi) is 4.30. The molecule has 0 spiro atoms. The minimum Gasteiger partial charge on any atom is -0.307 e. The van der Waals surface area contributed by atoms with Crippen LogP contribution < -0.4 is 16.3 Å². The monoisotopic (exact) mass is 358 g/mol. The fourth-order valence-electron chi connectivity index (χ4n) is 2.78. The second kappa shape index (κ2) is 6.29. The lowest BCUT2D eigenvalue weighted by Gasteiger charge is -2.12. The Morgan fingerprint density at radius 2 is 1.56 bits per heavy atom. The third kappa shape index (κ3) is 3.13. The average Bonchev–Trinajstić information content (AvgIpc) is 2.75. The van der Waals surface area contributed by atoms with Crippen LogP contribution in [0.1, 0.15) is 11.1 Å². The largest absolute Gasteiger partial charge is 0.328 e. The fraction of sp³-hybridized carbons (Fsp3) is 0.222. The van der Waals surface area contributed by atoms with Crippen LogP contribution in [-0.4, -0.2) is 15.2 Å². The van der Waals surface area contributed by atoms with E-state index in [1.165, 1.54) is 0 Å². The highest BCUT2D eigenvalue weighted by Gasteiger charge is 2.13. The molecule has 0 unspecified atom stereocenters. The van der Waals surface area contributed by atoms with E-state index in [0.717, 1.165) is 22.2 Å². The molecule has 3 rings (SSSR count). The molecule has 0 saturated carbocycles. The SMILES string of the molecule is Cc1ccc(NC(=O)Nc2cc3c(cc2C)n(C)c(=O)n3C)c(Cl)c1. The Balaban J connectivity index is 1.89. The van der Waals surface area contributed by atoms with E-state index in [0.29, 0.717) is 16.4 Å². The normalized spacial score (nSPS) is 10.9. The van der Waals surface area contributed by atoms with Gasteiger partial charge in [-0.25, -0.2) is 9.59 Å². The van der Waals surface area contributed by atoms with Crippen molar-refractivity contribution >= 4 is 40.0 Å². The molecule has 0 fully saturated rings. The number of aryl methyl sites for hydroxylation is 4. The molecule has 0 aliphatic heterocycles. The summed E-state index contributed by atoms with van der Waals surface area (Å²) in [6.07, 6.45) is 0. The number of nitrogens with zero attached hydrogens (tertiary/aromatic N) is 2. The van der Waals surface area contributed by atoms with Crippen LogP contribution in [0.25, 0.3) is 11.0 Å². The van der Waals surface area contributed by atoms with Crippen LogP contribution in [0.2, 0.25) is 5.02 Å². The van der Waals surface area contributed by atoms with Gasteiger partial charge in [0.05, 0.1) is 21.7 Å². The predicted molar refractivity (Wildman–Crippen MR) is 102 cm³/mol. The van der Waals surface area contributed by atoms with Gasteiger partial charge in [-0.3, -0.25) is 9.13 Å². The molecule has 0 radical (unpaired) electrons. The van der Waals surface area contributed by atoms with Crippen molar-refractivity contribution in [2.45, 2.75) is 13.8 Å². The van der Waals surface area contributed by atoms with Gasteiger partial charge in [-0.15, -0.1) is 0 Å². The summed E-state index contributed by atoms with van der Waals surface area (Å²) in [4.78, 5) is 24.4. The maximum atomic E-state index is 12.3. The number of anilines is 2. The molecule has 7 heteroatoms. The molecule has 0 aliphatic carbocycles. The zero-order valence-corrected chi connectivity index (χ0v) is 15.2. The van der Waals surface area contributed by atoms with Gasteiger partial charge in [-0.2, -0.15) is 0 Å². The number of hydrogen-bond donors (Lipinski definition) is 2. The zero-order valence-electron chi connectivity index (χ0n) is 14.5. The minimum atomic E-state index is -0.394. The standard InChI is InChI=1S/C18H19ClN4O2/c1-10-5-6-13(12(19)7-10)20-17(24)21-14-9-16-15(8-11(14)2)22(3)18(25)23(16)4/h5-9H,1-4H3,(H2,20,21,24). The van der Waals surface area contributed by atoms with E-state index in [1.807, 2.05) is 26.0 Å². The molecule has 6 nitrogen and oxygen atoms in total. The lowest BCUT2D eigenvalue weighted by atomic mass is 10.1. The Labute approximate surface area is 150 Å². The molecule has 0 atom stereocenters. The van der Waals surface area contributed by atoms with Gasteiger partial charge in [0.15, 0.2) is 0 Å². The maximum absolute atomic E-state index is 12.3. The van der Waals surface area contributed by atoms with Crippen molar-refractivity contribution in [3.05, 3.63) is 57.0 Å². The average molecular weight is 359 g/mol. The van der Waals surface area contributed by atoms with E-state index in [9.17, 15) is 9.59 Å². The minimum absolute atomic E-state index is 0.109. The van der Waals surface area contributed by atoms with Crippen LogP contribution >= 0.6 is 11.6 Å². The number of aromatic nitrogens is 2. The summed E-state index contributed by atoms with van der Waals surface area (Å²) in [7, 11) is 3.43. The predicted octanol–water partition coefficient (Wildman–Crippen LogP) is 3.79. The van der Waals surface area contributed by atoms with Crippen LogP contribution in [0, 0.1) is 13.8 Å². The highest BCUT2D eigenvalue weighted by Crippen LogP contribution is 2.25. The Hall–Kier alpha value is -2.73. The number of carbonyl (C=O) groups is 1. The van der Waals surface area contributed by atoms with Gasteiger partial charge in [-0.05, 0) is 49.2 Å². The number of hydrogen-bond acceptors (Lipinski definition) is 2. The third-order valence-corrected chi connectivity index (χ3v) is 4.55. The van der Waals surface area contributed by atoms with Crippen LogP contribution in [0.15, 0.2) is 35.1 Å². The molecular weight excluding hydrogens is 340 g/mol. The molecule has 25 heavy (non-hydrogen) atoms. The van der Waals surface area contributed by atoms with Gasteiger partial charge in [0.1, 0.15) is 0 Å². The number of nitrogens with one attached hydrogen (secondary N) is 2. The van der Waals surface area contributed by atoms with E-state index in [-0.39, 0.29) is 5.69 Å². The fourth-order valence-corrected chi connectivity index (χ4v) is 3.06. The Bertz CT molecular complexity index is 1050. The number of urea groups is 1. The zero-order chi connectivity index (χ0) is 18.3. The van der Waals surface area contributed by atoms with Gasteiger partial charge >= 0.3 is 11.7 Å². The van der Waals surface area contributed by atoms with Gasteiger partial charge in [-0.1, -0.05) is 17.7 Å². The number of rotatable bonds is 2. The van der Waals surface area contributed by atoms with Crippen molar-refractivity contribution in [3.8, 4) is 0 Å². The smallest absolute Gasteiger partial charge is 0.307 e. The number of fused-ring (bicyclic) bond motifs is 1. The van der Waals surface area contributed by atoms with E-state index in [1.54, 1.807) is 41.4 Å². The molecule has 3 aromatic rings. The quantitative estimate of drug-likeness (QED) is 0.731. The number of carbonyl (C=O) groups excluding carboxylic acids is 1. The summed E-state index contributed by atoms with van der Waals surface area (Å²) < 4.78 is 3.13. The first-order valence-corrected chi connectivity index (χ1v) is 8.16. The first-order valence-electron chi connectivity index (χ1n) is 7.78. The van der Waals surface area contributed by atoms with E-state index in [4.69, 9.17) is 11.6 Å². The second-order valence-corrected chi connectivity index (χ2v) is 6.53. The molecule has 2 aromatic carbocycles. The molecule has 2 N–H and O–H groups in total. The van der Waals surface area contributed by atoms with Crippen molar-refractivity contribution in [2.24, 2.45) is 14.1 Å². The summed E-state index contributed by atoms with van der Waals surface area (Å²) in [5, 5.41) is 6.03. The molecule has 1 aromatic heterocycles. The van der Waals surface area contributed by atoms with Crippen molar-refractivity contribution in [3.63, 3.8) is 0 Å². The van der Waals surface area contributed by atoms with Crippen LogP contribution in [-0.2, 0) is 14.1 Å². The lowest BCUT2D eigenvalue weighted by molar-refractivity contribution is 0.262. The first kappa shape index (κ1) is 17.1. The van der Waals surface area contributed by atoms with Crippen LogP contribution in [0.3, 0.4) is 0 Å². The summed E-state index contributed by atoms with van der Waals surface area (Å²) in [6.45, 7) is 3.81.